The lowest BCUT2D eigenvalue weighted by Crippen LogP contribution is -2.30. The lowest BCUT2D eigenvalue weighted by Gasteiger charge is -2.17. The van der Waals surface area contributed by atoms with E-state index in [2.05, 4.69) is 43.5 Å². The average Bonchev–Trinajstić information content (AvgIpc) is 2.69. The lowest BCUT2D eigenvalue weighted by molar-refractivity contribution is 0.484. The van der Waals surface area contributed by atoms with Gasteiger partial charge in [-0.05, 0) is 51.3 Å². The molecule has 0 aliphatic heterocycles. The van der Waals surface area contributed by atoms with Crippen LogP contribution in [0.25, 0.3) is 0 Å². The van der Waals surface area contributed by atoms with E-state index >= 15 is 0 Å². The Morgan fingerprint density at radius 1 is 1.16 bits per heavy atom. The number of benzene rings is 1. The largest absolute Gasteiger partial charge is 0.466 e. The van der Waals surface area contributed by atoms with Gasteiger partial charge in [0, 0.05) is 5.56 Å². The number of hydrogen-bond donors (Lipinski definition) is 2. The van der Waals surface area contributed by atoms with Crippen LogP contribution in [0.15, 0.2) is 28.7 Å². The first-order chi connectivity index (χ1) is 9.01. The normalized spacial score (nSPS) is 12.7. The second-order valence-corrected chi connectivity index (χ2v) is 5.22. The van der Waals surface area contributed by atoms with Crippen molar-refractivity contribution in [3.05, 3.63) is 58.0 Å². The van der Waals surface area contributed by atoms with Crippen LogP contribution in [0.3, 0.4) is 0 Å². The van der Waals surface area contributed by atoms with Gasteiger partial charge in [0.05, 0.1) is 6.04 Å². The second-order valence-electron chi connectivity index (χ2n) is 5.22. The van der Waals surface area contributed by atoms with Crippen molar-refractivity contribution in [2.24, 2.45) is 5.84 Å². The molecule has 1 heterocycles. The van der Waals surface area contributed by atoms with Crippen molar-refractivity contribution >= 4 is 0 Å². The van der Waals surface area contributed by atoms with Gasteiger partial charge in [-0.1, -0.05) is 23.8 Å². The zero-order valence-corrected chi connectivity index (χ0v) is 12.1. The summed E-state index contributed by atoms with van der Waals surface area (Å²) in [6.45, 7) is 8.19. The molecular formula is C16H22N2O. The molecule has 1 aromatic carbocycles. The van der Waals surface area contributed by atoms with Gasteiger partial charge < -0.3 is 4.42 Å². The van der Waals surface area contributed by atoms with Gasteiger partial charge in [-0.15, -0.1) is 0 Å². The predicted octanol–water partition coefficient (Wildman–Crippen LogP) is 3.26. The Bertz CT molecular complexity index is 572. The van der Waals surface area contributed by atoms with Crippen molar-refractivity contribution in [3.63, 3.8) is 0 Å². The van der Waals surface area contributed by atoms with E-state index in [4.69, 9.17) is 10.3 Å². The maximum atomic E-state index is 5.73. The Labute approximate surface area is 114 Å². The minimum atomic E-state index is 0.0814. The van der Waals surface area contributed by atoms with Gasteiger partial charge in [0.1, 0.15) is 11.5 Å². The van der Waals surface area contributed by atoms with E-state index in [1.807, 2.05) is 13.8 Å². The summed E-state index contributed by atoms with van der Waals surface area (Å²) < 4.78 is 5.59. The Morgan fingerprint density at radius 2 is 1.89 bits per heavy atom. The predicted molar refractivity (Wildman–Crippen MR) is 77.9 cm³/mol. The van der Waals surface area contributed by atoms with Crippen molar-refractivity contribution < 1.29 is 4.42 Å². The van der Waals surface area contributed by atoms with E-state index in [1.54, 1.807) is 0 Å². The number of nitrogens with two attached hydrogens (primary N) is 1. The molecule has 1 aromatic heterocycles. The number of furan rings is 1. The highest BCUT2D eigenvalue weighted by molar-refractivity contribution is 5.33. The molecule has 102 valence electrons. The molecule has 1 atom stereocenters. The van der Waals surface area contributed by atoms with Gasteiger partial charge in [-0.25, -0.2) is 0 Å². The monoisotopic (exact) mass is 258 g/mol. The third-order valence-corrected chi connectivity index (χ3v) is 3.58. The molecule has 0 fully saturated rings. The summed E-state index contributed by atoms with van der Waals surface area (Å²) in [6, 6.07) is 8.66. The zero-order valence-electron chi connectivity index (χ0n) is 12.1. The molecule has 0 aliphatic carbocycles. The van der Waals surface area contributed by atoms with E-state index < -0.39 is 0 Å². The highest BCUT2D eigenvalue weighted by Crippen LogP contribution is 2.25. The van der Waals surface area contributed by atoms with Crippen LogP contribution < -0.4 is 11.3 Å². The summed E-state index contributed by atoms with van der Waals surface area (Å²) in [5.41, 5.74) is 7.94. The maximum Gasteiger partial charge on any atom is 0.105 e. The second kappa shape index (κ2) is 5.59. The van der Waals surface area contributed by atoms with Crippen LogP contribution in [-0.2, 0) is 6.42 Å². The Balaban J connectivity index is 2.29. The Morgan fingerprint density at radius 3 is 2.47 bits per heavy atom. The van der Waals surface area contributed by atoms with Crippen molar-refractivity contribution in [2.45, 2.75) is 40.2 Å². The van der Waals surface area contributed by atoms with Crippen LogP contribution in [0.5, 0.6) is 0 Å². The topological polar surface area (TPSA) is 51.2 Å². The summed E-state index contributed by atoms with van der Waals surface area (Å²) in [5, 5.41) is 0. The SMILES string of the molecule is Cc1ccc(C)c(CC(NN)c2cc(C)oc2C)c1. The fourth-order valence-corrected chi connectivity index (χ4v) is 2.50. The first-order valence-electron chi connectivity index (χ1n) is 6.60. The van der Waals surface area contributed by atoms with E-state index in [-0.39, 0.29) is 6.04 Å². The van der Waals surface area contributed by atoms with Gasteiger partial charge in [-0.3, -0.25) is 11.3 Å². The molecule has 0 saturated carbocycles. The summed E-state index contributed by atoms with van der Waals surface area (Å²) >= 11 is 0. The fraction of sp³-hybridized carbons (Fsp3) is 0.375. The van der Waals surface area contributed by atoms with Crippen LogP contribution in [0.4, 0.5) is 0 Å². The van der Waals surface area contributed by atoms with Gasteiger partial charge in [-0.2, -0.15) is 0 Å². The van der Waals surface area contributed by atoms with Crippen molar-refractivity contribution in [3.8, 4) is 0 Å². The van der Waals surface area contributed by atoms with Crippen LogP contribution in [0.2, 0.25) is 0 Å². The minimum absolute atomic E-state index is 0.0814. The number of nitrogens with one attached hydrogen (secondary N) is 1. The van der Waals surface area contributed by atoms with Gasteiger partial charge in [0.25, 0.3) is 0 Å². The molecule has 3 N–H and O–H groups in total. The first-order valence-corrected chi connectivity index (χ1v) is 6.60. The maximum absolute atomic E-state index is 5.73. The average molecular weight is 258 g/mol. The summed E-state index contributed by atoms with van der Waals surface area (Å²) in [6.07, 6.45) is 0.865. The van der Waals surface area contributed by atoms with E-state index in [1.165, 1.54) is 16.7 Å². The molecule has 1 unspecified atom stereocenters. The van der Waals surface area contributed by atoms with Gasteiger partial charge >= 0.3 is 0 Å². The highest BCUT2D eigenvalue weighted by Gasteiger charge is 2.17. The molecule has 0 amide bonds. The van der Waals surface area contributed by atoms with Crippen LogP contribution in [0, 0.1) is 27.7 Å². The van der Waals surface area contributed by atoms with E-state index in [0.29, 0.717) is 0 Å². The number of aryl methyl sites for hydroxylation is 4. The van der Waals surface area contributed by atoms with Crippen LogP contribution in [-0.4, -0.2) is 0 Å². The number of rotatable bonds is 4. The molecule has 0 radical (unpaired) electrons. The molecule has 0 spiro atoms. The molecule has 19 heavy (non-hydrogen) atoms. The fourth-order valence-electron chi connectivity index (χ4n) is 2.50. The van der Waals surface area contributed by atoms with Crippen molar-refractivity contribution in [1.82, 2.24) is 5.43 Å². The van der Waals surface area contributed by atoms with Gasteiger partial charge in [0.2, 0.25) is 0 Å². The summed E-state index contributed by atoms with van der Waals surface area (Å²) in [5.74, 6) is 7.59. The van der Waals surface area contributed by atoms with Crippen molar-refractivity contribution in [1.29, 1.82) is 0 Å². The third kappa shape index (κ3) is 3.06. The molecular weight excluding hydrogens is 236 g/mol. The lowest BCUT2D eigenvalue weighted by atomic mass is 9.95. The summed E-state index contributed by atoms with van der Waals surface area (Å²) in [4.78, 5) is 0. The molecule has 0 bridgehead atoms. The number of hydrogen-bond acceptors (Lipinski definition) is 3. The highest BCUT2D eigenvalue weighted by atomic mass is 16.3. The van der Waals surface area contributed by atoms with Crippen molar-refractivity contribution in [2.75, 3.05) is 0 Å². The smallest absolute Gasteiger partial charge is 0.105 e. The zero-order chi connectivity index (χ0) is 14.0. The Kier molecular flexibility index (Phi) is 4.08. The minimum Gasteiger partial charge on any atom is -0.466 e. The summed E-state index contributed by atoms with van der Waals surface area (Å²) in [7, 11) is 0. The van der Waals surface area contributed by atoms with E-state index in [9.17, 15) is 0 Å². The standard InChI is InChI=1S/C16H22N2O/c1-10-5-6-11(2)14(7-10)9-16(18-17)15-8-12(3)19-13(15)4/h5-8,16,18H,9,17H2,1-4H3. The molecule has 3 nitrogen and oxygen atoms in total. The van der Waals surface area contributed by atoms with Crippen LogP contribution in [0.1, 0.15) is 39.8 Å². The van der Waals surface area contributed by atoms with Crippen LogP contribution >= 0.6 is 0 Å². The molecule has 3 heteroatoms. The number of hydrazine groups is 1. The van der Waals surface area contributed by atoms with Gasteiger partial charge in [0.15, 0.2) is 0 Å². The van der Waals surface area contributed by atoms with E-state index in [0.717, 1.165) is 23.5 Å². The Hall–Kier alpha value is -1.58. The molecule has 0 aliphatic rings. The third-order valence-electron chi connectivity index (χ3n) is 3.58. The first kappa shape index (κ1) is 13.8. The molecule has 0 saturated heterocycles. The quantitative estimate of drug-likeness (QED) is 0.653. The molecule has 2 rings (SSSR count). The molecule has 2 aromatic rings.